The van der Waals surface area contributed by atoms with Gasteiger partial charge in [-0.1, -0.05) is 19.9 Å². The summed E-state index contributed by atoms with van der Waals surface area (Å²) < 4.78 is 1.72. The van der Waals surface area contributed by atoms with Crippen molar-refractivity contribution in [3.63, 3.8) is 0 Å². The van der Waals surface area contributed by atoms with Gasteiger partial charge in [-0.15, -0.1) is 0 Å². The van der Waals surface area contributed by atoms with Crippen LogP contribution < -0.4 is 0 Å². The SMILES string of the molecule is CC(C)c1ccn(-c2cc(C#N)ccc2[C@@H](C)O)n1. The highest BCUT2D eigenvalue weighted by atomic mass is 16.3. The van der Waals surface area contributed by atoms with Crippen LogP contribution in [0.2, 0.25) is 0 Å². The molecule has 0 radical (unpaired) electrons. The Morgan fingerprint density at radius 3 is 2.53 bits per heavy atom. The molecule has 4 nitrogen and oxygen atoms in total. The van der Waals surface area contributed by atoms with Gasteiger partial charge in [-0.3, -0.25) is 0 Å². The third-order valence-corrected chi connectivity index (χ3v) is 3.06. The number of hydrogen-bond donors (Lipinski definition) is 1. The number of aliphatic hydroxyl groups is 1. The van der Waals surface area contributed by atoms with Crippen molar-refractivity contribution < 1.29 is 5.11 Å². The lowest BCUT2D eigenvalue weighted by atomic mass is 10.1. The van der Waals surface area contributed by atoms with Crippen molar-refractivity contribution in [2.75, 3.05) is 0 Å². The van der Waals surface area contributed by atoms with Crippen molar-refractivity contribution in [1.29, 1.82) is 5.26 Å². The van der Waals surface area contributed by atoms with Gasteiger partial charge in [0.2, 0.25) is 0 Å². The lowest BCUT2D eigenvalue weighted by Gasteiger charge is -2.12. The highest BCUT2D eigenvalue weighted by Crippen LogP contribution is 2.23. The summed E-state index contributed by atoms with van der Waals surface area (Å²) in [6.07, 6.45) is 1.26. The van der Waals surface area contributed by atoms with E-state index in [1.54, 1.807) is 29.8 Å². The van der Waals surface area contributed by atoms with Crippen molar-refractivity contribution in [1.82, 2.24) is 9.78 Å². The minimum absolute atomic E-state index is 0.343. The Hall–Kier alpha value is -2.12. The summed E-state index contributed by atoms with van der Waals surface area (Å²) in [5.74, 6) is 0.343. The van der Waals surface area contributed by atoms with Crippen molar-refractivity contribution in [3.8, 4) is 11.8 Å². The first-order valence-electron chi connectivity index (χ1n) is 6.31. The second kappa shape index (κ2) is 5.25. The highest BCUT2D eigenvalue weighted by molar-refractivity contribution is 5.48. The van der Waals surface area contributed by atoms with Crippen LogP contribution in [0.5, 0.6) is 0 Å². The second-order valence-electron chi connectivity index (χ2n) is 4.90. The number of aliphatic hydroxyl groups excluding tert-OH is 1. The Kier molecular flexibility index (Phi) is 3.68. The minimum atomic E-state index is -0.602. The van der Waals surface area contributed by atoms with E-state index < -0.39 is 6.10 Å². The van der Waals surface area contributed by atoms with Gasteiger partial charge in [-0.2, -0.15) is 10.4 Å². The van der Waals surface area contributed by atoms with Gasteiger partial charge in [-0.05, 0) is 31.0 Å². The predicted octanol–water partition coefficient (Wildman–Crippen LogP) is 2.92. The molecule has 0 saturated heterocycles. The molecular weight excluding hydrogens is 238 g/mol. The summed E-state index contributed by atoms with van der Waals surface area (Å²) in [4.78, 5) is 0. The van der Waals surface area contributed by atoms with Crippen LogP contribution in [-0.2, 0) is 0 Å². The predicted molar refractivity (Wildman–Crippen MR) is 73.0 cm³/mol. The van der Waals surface area contributed by atoms with Gasteiger partial charge in [0.15, 0.2) is 0 Å². The first-order chi connectivity index (χ1) is 9.02. The van der Waals surface area contributed by atoms with E-state index in [4.69, 9.17) is 5.26 Å². The first kappa shape index (κ1) is 13.3. The van der Waals surface area contributed by atoms with E-state index in [0.29, 0.717) is 11.5 Å². The minimum Gasteiger partial charge on any atom is -0.389 e. The molecule has 0 fully saturated rings. The van der Waals surface area contributed by atoms with E-state index in [0.717, 1.165) is 16.9 Å². The van der Waals surface area contributed by atoms with Crippen LogP contribution in [0.3, 0.4) is 0 Å². The molecule has 0 amide bonds. The monoisotopic (exact) mass is 255 g/mol. The average Bonchev–Trinajstić information content (AvgIpc) is 2.87. The highest BCUT2D eigenvalue weighted by Gasteiger charge is 2.12. The van der Waals surface area contributed by atoms with E-state index in [1.807, 2.05) is 12.3 Å². The van der Waals surface area contributed by atoms with Gasteiger partial charge in [0.25, 0.3) is 0 Å². The van der Waals surface area contributed by atoms with Crippen LogP contribution in [0.15, 0.2) is 30.5 Å². The topological polar surface area (TPSA) is 61.8 Å². The zero-order valence-corrected chi connectivity index (χ0v) is 11.3. The summed E-state index contributed by atoms with van der Waals surface area (Å²) in [7, 11) is 0. The normalized spacial score (nSPS) is 12.4. The Morgan fingerprint density at radius 1 is 1.26 bits per heavy atom. The Balaban J connectivity index is 2.55. The van der Waals surface area contributed by atoms with Gasteiger partial charge < -0.3 is 5.11 Å². The largest absolute Gasteiger partial charge is 0.389 e. The van der Waals surface area contributed by atoms with Gasteiger partial charge in [0, 0.05) is 11.8 Å². The van der Waals surface area contributed by atoms with Gasteiger partial charge in [0.05, 0.1) is 29.1 Å². The molecule has 0 aliphatic rings. The molecule has 0 aliphatic heterocycles. The van der Waals surface area contributed by atoms with Crippen LogP contribution in [0.1, 0.15) is 49.6 Å². The molecule has 4 heteroatoms. The maximum atomic E-state index is 9.82. The summed E-state index contributed by atoms with van der Waals surface area (Å²) in [6.45, 7) is 5.86. The van der Waals surface area contributed by atoms with Gasteiger partial charge in [0.1, 0.15) is 0 Å². The van der Waals surface area contributed by atoms with Crippen LogP contribution in [0, 0.1) is 11.3 Å². The lowest BCUT2D eigenvalue weighted by Crippen LogP contribution is -2.04. The summed E-state index contributed by atoms with van der Waals surface area (Å²) in [5, 5.41) is 23.3. The van der Waals surface area contributed by atoms with E-state index in [-0.39, 0.29) is 0 Å². The van der Waals surface area contributed by atoms with E-state index in [2.05, 4.69) is 25.0 Å². The third-order valence-electron chi connectivity index (χ3n) is 3.06. The number of nitrogens with zero attached hydrogens (tertiary/aromatic N) is 3. The number of nitriles is 1. The number of benzene rings is 1. The second-order valence-corrected chi connectivity index (χ2v) is 4.90. The van der Waals surface area contributed by atoms with Crippen molar-refractivity contribution in [2.24, 2.45) is 0 Å². The smallest absolute Gasteiger partial charge is 0.0992 e. The molecule has 1 aromatic heterocycles. The molecule has 2 rings (SSSR count). The van der Waals surface area contributed by atoms with E-state index in [9.17, 15) is 5.11 Å². The fourth-order valence-corrected chi connectivity index (χ4v) is 1.95. The maximum absolute atomic E-state index is 9.82. The zero-order chi connectivity index (χ0) is 14.0. The lowest BCUT2D eigenvalue weighted by molar-refractivity contribution is 0.199. The Labute approximate surface area is 112 Å². The first-order valence-corrected chi connectivity index (χ1v) is 6.31. The van der Waals surface area contributed by atoms with Crippen molar-refractivity contribution in [3.05, 3.63) is 47.3 Å². The molecule has 0 spiro atoms. The molecule has 0 saturated carbocycles. The van der Waals surface area contributed by atoms with Crippen LogP contribution in [-0.4, -0.2) is 14.9 Å². The van der Waals surface area contributed by atoms with Gasteiger partial charge >= 0.3 is 0 Å². The average molecular weight is 255 g/mol. The quantitative estimate of drug-likeness (QED) is 0.917. The molecular formula is C15H17N3O. The maximum Gasteiger partial charge on any atom is 0.0992 e. The number of rotatable bonds is 3. The molecule has 0 bridgehead atoms. The summed E-state index contributed by atoms with van der Waals surface area (Å²) in [5.41, 5.74) is 3.05. The Morgan fingerprint density at radius 2 is 2.00 bits per heavy atom. The molecule has 1 heterocycles. The van der Waals surface area contributed by atoms with Crippen LogP contribution in [0.25, 0.3) is 5.69 Å². The third kappa shape index (κ3) is 2.67. The fraction of sp³-hybridized carbons (Fsp3) is 0.333. The van der Waals surface area contributed by atoms with Crippen LogP contribution in [0.4, 0.5) is 0 Å². The molecule has 1 N–H and O–H groups in total. The Bertz CT molecular complexity index is 621. The summed E-state index contributed by atoms with van der Waals surface area (Å²) in [6, 6.07) is 9.29. The molecule has 2 aromatic rings. The van der Waals surface area contributed by atoms with E-state index >= 15 is 0 Å². The van der Waals surface area contributed by atoms with Gasteiger partial charge in [-0.25, -0.2) is 4.68 Å². The molecule has 1 aromatic carbocycles. The molecule has 0 aliphatic carbocycles. The van der Waals surface area contributed by atoms with E-state index in [1.165, 1.54) is 0 Å². The molecule has 0 unspecified atom stereocenters. The van der Waals surface area contributed by atoms with Crippen molar-refractivity contribution in [2.45, 2.75) is 32.8 Å². The zero-order valence-electron chi connectivity index (χ0n) is 11.3. The fourth-order valence-electron chi connectivity index (χ4n) is 1.95. The van der Waals surface area contributed by atoms with Crippen molar-refractivity contribution >= 4 is 0 Å². The number of hydrogen-bond acceptors (Lipinski definition) is 3. The molecule has 98 valence electrons. The number of aromatic nitrogens is 2. The molecule has 19 heavy (non-hydrogen) atoms. The standard InChI is InChI=1S/C15H17N3O/c1-10(2)14-6-7-18(17-14)15-8-12(9-16)4-5-13(15)11(3)19/h4-8,10-11,19H,1-3H3/t11-/m1/s1. The summed E-state index contributed by atoms with van der Waals surface area (Å²) >= 11 is 0. The van der Waals surface area contributed by atoms with Crippen LogP contribution >= 0.6 is 0 Å². The molecule has 1 atom stereocenters.